The number of ether oxygens (including phenoxy) is 2. The minimum absolute atomic E-state index is 0.115. The van der Waals surface area contributed by atoms with Crippen molar-refractivity contribution < 1.29 is 9.47 Å². The van der Waals surface area contributed by atoms with Crippen molar-refractivity contribution in [1.29, 1.82) is 0 Å². The van der Waals surface area contributed by atoms with Gasteiger partial charge < -0.3 is 9.47 Å². The fourth-order valence-electron chi connectivity index (χ4n) is 5.04. The quantitative estimate of drug-likeness (QED) is 0.340. The number of rotatable bonds is 8. The number of hydrogen-bond donors (Lipinski definition) is 1. The van der Waals surface area contributed by atoms with Crippen molar-refractivity contribution >= 4 is 11.8 Å². The van der Waals surface area contributed by atoms with E-state index in [2.05, 4.69) is 41.4 Å². The molecule has 1 N–H and O–H groups in total. The van der Waals surface area contributed by atoms with Crippen LogP contribution in [0.3, 0.4) is 0 Å². The maximum atomic E-state index is 12.5. The zero-order valence-corrected chi connectivity index (χ0v) is 21.7. The molecule has 37 heavy (non-hydrogen) atoms. The fourth-order valence-corrected chi connectivity index (χ4v) is 5.85. The van der Waals surface area contributed by atoms with Crippen LogP contribution in [0.1, 0.15) is 34.9 Å². The highest BCUT2D eigenvalue weighted by Crippen LogP contribution is 2.42. The highest BCUT2D eigenvalue weighted by atomic mass is 32.2. The number of aryl methyl sites for hydroxylation is 1. The Labute approximate surface area is 220 Å². The summed E-state index contributed by atoms with van der Waals surface area (Å²) in [5.74, 6) is 0. The van der Waals surface area contributed by atoms with E-state index < -0.39 is 17.5 Å². The van der Waals surface area contributed by atoms with Crippen molar-refractivity contribution in [2.24, 2.45) is 0 Å². The van der Waals surface area contributed by atoms with Gasteiger partial charge >= 0.3 is 5.69 Å². The normalized spacial score (nSPS) is 19.7. The molecule has 1 aliphatic rings. The fraction of sp³-hybridized carbons (Fsp3) is 0.267. The molecule has 3 aromatic carbocycles. The van der Waals surface area contributed by atoms with Crippen LogP contribution in [0, 0.1) is 6.92 Å². The van der Waals surface area contributed by atoms with Crippen LogP contribution < -0.4 is 11.2 Å². The molecule has 1 saturated heterocycles. The highest BCUT2D eigenvalue weighted by molar-refractivity contribution is 7.99. The van der Waals surface area contributed by atoms with E-state index in [4.69, 9.17) is 9.47 Å². The Morgan fingerprint density at radius 1 is 0.919 bits per heavy atom. The Balaban J connectivity index is 1.52. The predicted octanol–water partition coefficient (Wildman–Crippen LogP) is 4.87. The molecule has 4 aromatic rings. The van der Waals surface area contributed by atoms with Gasteiger partial charge in [-0.2, -0.15) is 11.8 Å². The first kappa shape index (κ1) is 25.3. The first-order valence-corrected chi connectivity index (χ1v) is 13.6. The van der Waals surface area contributed by atoms with Crippen LogP contribution >= 0.6 is 11.8 Å². The summed E-state index contributed by atoms with van der Waals surface area (Å²) in [5.41, 5.74) is 1.85. The van der Waals surface area contributed by atoms with E-state index in [1.165, 1.54) is 4.57 Å². The first-order chi connectivity index (χ1) is 18.0. The third kappa shape index (κ3) is 4.94. The van der Waals surface area contributed by atoms with Crippen LogP contribution in [-0.2, 0) is 15.1 Å². The number of thioether (sulfide) groups is 1. The maximum absolute atomic E-state index is 12.5. The lowest BCUT2D eigenvalue weighted by Gasteiger charge is -2.37. The molecule has 6 nitrogen and oxygen atoms in total. The summed E-state index contributed by atoms with van der Waals surface area (Å²) in [5, 5.41) is 0.115. The molecule has 0 radical (unpaired) electrons. The van der Waals surface area contributed by atoms with E-state index in [0.29, 0.717) is 18.6 Å². The van der Waals surface area contributed by atoms with Crippen molar-refractivity contribution in [3.8, 4) is 0 Å². The van der Waals surface area contributed by atoms with Gasteiger partial charge in [-0.15, -0.1) is 0 Å². The molecule has 0 spiro atoms. The molecule has 1 aromatic heterocycles. The number of aromatic nitrogens is 2. The minimum atomic E-state index is -0.848. The van der Waals surface area contributed by atoms with E-state index >= 15 is 0 Å². The summed E-state index contributed by atoms with van der Waals surface area (Å²) in [4.78, 5) is 26.8. The van der Waals surface area contributed by atoms with E-state index in [1.54, 1.807) is 24.9 Å². The Morgan fingerprint density at radius 3 is 1.92 bits per heavy atom. The molecule has 2 heterocycles. The molecule has 0 aliphatic carbocycles. The van der Waals surface area contributed by atoms with Crippen LogP contribution in [0.5, 0.6) is 0 Å². The van der Waals surface area contributed by atoms with Crippen LogP contribution in [0.15, 0.2) is 107 Å². The summed E-state index contributed by atoms with van der Waals surface area (Å²) in [6, 6.07) is 30.7. The van der Waals surface area contributed by atoms with Crippen LogP contribution in [0.25, 0.3) is 0 Å². The smallest absolute Gasteiger partial charge is 0.330 e. The topological polar surface area (TPSA) is 73.3 Å². The Hall–Kier alpha value is -3.39. The lowest BCUT2D eigenvalue weighted by molar-refractivity contribution is -0.0765. The van der Waals surface area contributed by atoms with Gasteiger partial charge in [0, 0.05) is 23.4 Å². The molecule has 5 rings (SSSR count). The third-order valence-electron chi connectivity index (χ3n) is 6.94. The van der Waals surface area contributed by atoms with Gasteiger partial charge in [-0.3, -0.25) is 14.3 Å². The molecule has 190 valence electrons. The van der Waals surface area contributed by atoms with Gasteiger partial charge in [-0.25, -0.2) is 4.79 Å². The Bertz CT molecular complexity index is 1340. The summed E-state index contributed by atoms with van der Waals surface area (Å²) in [6.45, 7) is 2.00. The van der Waals surface area contributed by atoms with Crippen molar-refractivity contribution in [2.75, 3.05) is 12.9 Å². The molecular weight excluding hydrogens is 484 g/mol. The summed E-state index contributed by atoms with van der Waals surface area (Å²) >= 11 is 1.70. The molecule has 7 heteroatoms. The van der Waals surface area contributed by atoms with Gasteiger partial charge in [-0.1, -0.05) is 91.0 Å². The number of nitrogens with one attached hydrogen (secondary N) is 1. The van der Waals surface area contributed by atoms with E-state index in [9.17, 15) is 9.59 Å². The van der Waals surface area contributed by atoms with E-state index in [-0.39, 0.29) is 16.9 Å². The largest absolute Gasteiger partial charge is 0.358 e. The highest BCUT2D eigenvalue weighted by Gasteiger charge is 2.42. The monoisotopic (exact) mass is 514 g/mol. The zero-order chi connectivity index (χ0) is 25.8. The predicted molar refractivity (Wildman–Crippen MR) is 147 cm³/mol. The molecule has 0 bridgehead atoms. The number of hydrogen-bond acceptors (Lipinski definition) is 5. The minimum Gasteiger partial charge on any atom is -0.358 e. The molecule has 1 aliphatic heterocycles. The lowest BCUT2D eigenvalue weighted by Crippen LogP contribution is -2.37. The van der Waals surface area contributed by atoms with Gasteiger partial charge in [0.1, 0.15) is 11.8 Å². The Morgan fingerprint density at radius 2 is 1.43 bits per heavy atom. The van der Waals surface area contributed by atoms with Crippen molar-refractivity contribution in [3.63, 3.8) is 0 Å². The van der Waals surface area contributed by atoms with E-state index in [0.717, 1.165) is 16.7 Å². The van der Waals surface area contributed by atoms with E-state index in [1.807, 2.05) is 60.9 Å². The maximum Gasteiger partial charge on any atom is 0.330 e. The number of H-pyrrole nitrogens is 1. The van der Waals surface area contributed by atoms with Gasteiger partial charge in [0.2, 0.25) is 0 Å². The summed E-state index contributed by atoms with van der Waals surface area (Å²) < 4.78 is 14.9. The second-order valence-electron chi connectivity index (χ2n) is 9.21. The van der Waals surface area contributed by atoms with Crippen molar-refractivity contribution in [2.45, 2.75) is 36.5 Å². The van der Waals surface area contributed by atoms with Gasteiger partial charge in [0.25, 0.3) is 5.56 Å². The van der Waals surface area contributed by atoms with Crippen LogP contribution in [0.4, 0.5) is 0 Å². The molecule has 1 fully saturated rings. The Kier molecular flexibility index (Phi) is 7.46. The third-order valence-corrected chi connectivity index (χ3v) is 8.05. The van der Waals surface area contributed by atoms with Gasteiger partial charge in [-0.05, 0) is 29.9 Å². The summed E-state index contributed by atoms with van der Waals surface area (Å²) in [6.07, 6.45) is 3.52. The molecular formula is C30H30N2O4S. The average molecular weight is 515 g/mol. The number of aromatic amines is 1. The lowest BCUT2D eigenvalue weighted by atomic mass is 9.80. The molecule has 3 atom stereocenters. The standard InChI is InChI=1S/C30H30N2O4S/c1-21-19-32(29(34)31-28(21)33)27-18-26(37-2)25(36-27)20-35-30(22-12-6-3-7-13-22,23-14-8-4-9-15-23)24-16-10-5-11-17-24/h3-17,19,25-27H,18,20H2,1-2H3,(H,31,33,34)/t25-,26+,27-/m1/s1. The van der Waals surface area contributed by atoms with Crippen LogP contribution in [-0.4, -0.2) is 33.8 Å². The second-order valence-corrected chi connectivity index (χ2v) is 10.3. The number of benzene rings is 3. The van der Waals surface area contributed by atoms with Crippen molar-refractivity contribution in [1.82, 2.24) is 9.55 Å². The van der Waals surface area contributed by atoms with Gasteiger partial charge in [0.05, 0.1) is 12.7 Å². The SMILES string of the molecule is CS[C@H]1C[C@H](n2cc(C)c(=O)[nH]c2=O)O[C@@H]1COC(c1ccccc1)(c1ccccc1)c1ccccc1. The number of nitrogens with zero attached hydrogens (tertiary/aromatic N) is 1. The summed E-state index contributed by atoms with van der Waals surface area (Å²) in [7, 11) is 0. The van der Waals surface area contributed by atoms with Gasteiger partial charge in [0.15, 0.2) is 0 Å². The molecule has 0 amide bonds. The molecule has 0 saturated carbocycles. The second kappa shape index (κ2) is 10.9. The van der Waals surface area contributed by atoms with Crippen molar-refractivity contribution in [3.05, 3.63) is 140 Å². The molecule has 0 unspecified atom stereocenters. The first-order valence-electron chi connectivity index (χ1n) is 12.3. The average Bonchev–Trinajstić information content (AvgIpc) is 3.36. The van der Waals surface area contributed by atoms with Crippen LogP contribution in [0.2, 0.25) is 0 Å². The zero-order valence-electron chi connectivity index (χ0n) is 20.9.